The highest BCUT2D eigenvalue weighted by Crippen LogP contribution is 2.22. The molecule has 0 saturated heterocycles. The fraction of sp³-hybridized carbons (Fsp3) is 0.250. The first-order valence-corrected chi connectivity index (χ1v) is 8.85. The third-order valence-corrected chi connectivity index (χ3v) is 5.06. The number of aliphatic hydroxyl groups excluding tert-OH is 1. The Hall–Kier alpha value is -2.49. The fourth-order valence-electron chi connectivity index (χ4n) is 2.08. The molecule has 25 heavy (non-hydrogen) atoms. The van der Waals surface area contributed by atoms with Crippen molar-refractivity contribution in [3.63, 3.8) is 0 Å². The number of carbonyl (C=O) groups excluding carboxylic acids is 1. The van der Waals surface area contributed by atoms with Crippen molar-refractivity contribution in [2.45, 2.75) is 15.9 Å². The Morgan fingerprint density at radius 3 is 2.60 bits per heavy atom. The monoisotopic (exact) mass is 365 g/mol. The first-order valence-electron chi connectivity index (χ1n) is 7.37. The minimum absolute atomic E-state index is 0.0438. The van der Waals surface area contributed by atoms with Crippen LogP contribution in [0.25, 0.3) is 0 Å². The van der Waals surface area contributed by atoms with Gasteiger partial charge in [-0.3, -0.25) is 4.79 Å². The van der Waals surface area contributed by atoms with E-state index in [-0.39, 0.29) is 34.3 Å². The number of carbonyl (C=O) groups is 1. The number of benzene rings is 1. The zero-order chi connectivity index (χ0) is 18.4. The topological polar surface area (TPSA) is 132 Å². The lowest BCUT2D eigenvalue weighted by Crippen LogP contribution is -2.35. The molecule has 0 bridgehead atoms. The Morgan fingerprint density at radius 2 is 2.00 bits per heavy atom. The normalized spacial score (nSPS) is 12.6. The predicted molar refractivity (Wildman–Crippen MR) is 90.8 cm³/mol. The molecule has 0 fully saturated rings. The van der Waals surface area contributed by atoms with Gasteiger partial charge < -0.3 is 20.9 Å². The lowest BCUT2D eigenvalue weighted by atomic mass is 10.2. The van der Waals surface area contributed by atoms with Gasteiger partial charge in [-0.2, -0.15) is 0 Å². The second-order valence-electron chi connectivity index (χ2n) is 5.24. The third kappa shape index (κ3) is 4.53. The number of aliphatic hydroxyl groups is 1. The van der Waals surface area contributed by atoms with Gasteiger partial charge >= 0.3 is 0 Å². The highest BCUT2D eigenvalue weighted by atomic mass is 32.2. The molecular weight excluding hydrogens is 346 g/mol. The zero-order valence-corrected chi connectivity index (χ0v) is 14.4. The van der Waals surface area contributed by atoms with Crippen molar-refractivity contribution in [1.82, 2.24) is 10.3 Å². The molecule has 1 aromatic heterocycles. The Balaban J connectivity index is 2.19. The summed E-state index contributed by atoms with van der Waals surface area (Å²) >= 11 is 0. The van der Waals surface area contributed by atoms with Crippen molar-refractivity contribution in [1.29, 1.82) is 0 Å². The summed E-state index contributed by atoms with van der Waals surface area (Å²) in [6, 6.07) is 9.03. The molecule has 0 spiro atoms. The Bertz CT molecular complexity index is 840. The number of nitrogen functional groups attached to an aromatic ring is 1. The number of hydrogen-bond donors (Lipinski definition) is 3. The van der Waals surface area contributed by atoms with Crippen LogP contribution in [0.2, 0.25) is 0 Å². The summed E-state index contributed by atoms with van der Waals surface area (Å²) in [4.78, 5) is 15.9. The van der Waals surface area contributed by atoms with Gasteiger partial charge in [0.2, 0.25) is 9.84 Å². The molecule has 1 amide bonds. The molecule has 4 N–H and O–H groups in total. The van der Waals surface area contributed by atoms with Crippen LogP contribution in [0.15, 0.2) is 52.4 Å². The second kappa shape index (κ2) is 8.06. The van der Waals surface area contributed by atoms with Crippen LogP contribution in [0.4, 0.5) is 5.69 Å². The molecule has 1 aromatic carbocycles. The lowest BCUT2D eigenvalue weighted by molar-refractivity contribution is 0.0609. The van der Waals surface area contributed by atoms with Crippen LogP contribution >= 0.6 is 0 Å². The number of pyridine rings is 1. The number of aromatic nitrogens is 1. The Morgan fingerprint density at radius 1 is 1.32 bits per heavy atom. The van der Waals surface area contributed by atoms with Crippen molar-refractivity contribution >= 4 is 21.4 Å². The largest absolute Gasteiger partial charge is 0.397 e. The van der Waals surface area contributed by atoms with Crippen LogP contribution in [-0.4, -0.2) is 50.8 Å². The van der Waals surface area contributed by atoms with Crippen LogP contribution in [0.1, 0.15) is 10.5 Å². The van der Waals surface area contributed by atoms with E-state index in [2.05, 4.69) is 10.3 Å². The maximum atomic E-state index is 12.5. The summed E-state index contributed by atoms with van der Waals surface area (Å²) in [6.45, 7) is 0.0231. The molecule has 2 aromatic rings. The number of ether oxygens (including phenoxy) is 1. The highest BCUT2D eigenvalue weighted by Gasteiger charge is 2.21. The molecule has 134 valence electrons. The van der Waals surface area contributed by atoms with Gasteiger partial charge in [-0.25, -0.2) is 13.4 Å². The second-order valence-corrected chi connectivity index (χ2v) is 7.19. The van der Waals surface area contributed by atoms with E-state index >= 15 is 0 Å². The molecule has 0 aliphatic carbocycles. The molecular formula is C16H19N3O5S. The zero-order valence-electron chi connectivity index (χ0n) is 13.5. The number of methoxy groups -OCH3 is 1. The molecule has 2 rings (SSSR count). The molecule has 0 aliphatic rings. The standard InChI is InChI=1S/C16H19N3O5S/c1-24-10-11(20)8-19-16(21)15-14(17)7-13(9-18-15)25(22,23)12-5-3-2-4-6-12/h2-7,9,11,20H,8,10,17H2,1H3,(H,19,21)/t11-/m1/s1. The number of rotatable bonds is 7. The van der Waals surface area contributed by atoms with Gasteiger partial charge in [-0.05, 0) is 18.2 Å². The molecule has 0 radical (unpaired) electrons. The third-order valence-electron chi connectivity index (χ3n) is 3.33. The van der Waals surface area contributed by atoms with Crippen LogP contribution in [0.3, 0.4) is 0 Å². The van der Waals surface area contributed by atoms with Gasteiger partial charge in [-0.15, -0.1) is 0 Å². The molecule has 0 unspecified atom stereocenters. The Labute approximate surface area is 145 Å². The SMILES string of the molecule is COC[C@H](O)CNC(=O)c1ncc(S(=O)(=O)c2ccccc2)cc1N. The van der Waals surface area contributed by atoms with E-state index in [1.165, 1.54) is 25.3 Å². The summed E-state index contributed by atoms with van der Waals surface area (Å²) in [5.74, 6) is -0.615. The van der Waals surface area contributed by atoms with E-state index in [0.29, 0.717) is 0 Å². The van der Waals surface area contributed by atoms with E-state index in [0.717, 1.165) is 6.20 Å². The van der Waals surface area contributed by atoms with Crippen LogP contribution < -0.4 is 11.1 Å². The first-order chi connectivity index (χ1) is 11.9. The predicted octanol–water partition coefficient (Wildman–Crippen LogP) is 0.234. The fourth-order valence-corrected chi connectivity index (χ4v) is 3.34. The molecule has 1 heterocycles. The van der Waals surface area contributed by atoms with Crippen molar-refractivity contribution in [2.24, 2.45) is 0 Å². The smallest absolute Gasteiger partial charge is 0.272 e. The summed E-state index contributed by atoms with van der Waals surface area (Å²) in [5.41, 5.74) is 5.60. The molecule has 9 heteroatoms. The average Bonchev–Trinajstić information content (AvgIpc) is 2.60. The lowest BCUT2D eigenvalue weighted by Gasteiger charge is -2.12. The van der Waals surface area contributed by atoms with E-state index in [4.69, 9.17) is 10.5 Å². The summed E-state index contributed by atoms with van der Waals surface area (Å²) in [5, 5.41) is 12.0. The van der Waals surface area contributed by atoms with Crippen molar-refractivity contribution in [2.75, 3.05) is 26.0 Å². The van der Waals surface area contributed by atoms with Crippen molar-refractivity contribution in [3.05, 3.63) is 48.3 Å². The number of anilines is 1. The van der Waals surface area contributed by atoms with Gasteiger partial charge in [0.1, 0.15) is 0 Å². The van der Waals surface area contributed by atoms with E-state index in [1.54, 1.807) is 18.2 Å². The molecule has 0 saturated carbocycles. The highest BCUT2D eigenvalue weighted by molar-refractivity contribution is 7.91. The van der Waals surface area contributed by atoms with Gasteiger partial charge in [0.25, 0.3) is 5.91 Å². The summed E-state index contributed by atoms with van der Waals surface area (Å²) in [6.07, 6.45) is 0.215. The average molecular weight is 365 g/mol. The maximum Gasteiger partial charge on any atom is 0.272 e. The summed E-state index contributed by atoms with van der Waals surface area (Å²) < 4.78 is 29.8. The maximum absolute atomic E-state index is 12.5. The Kier molecular flexibility index (Phi) is 6.07. The number of hydrogen-bond acceptors (Lipinski definition) is 7. The minimum Gasteiger partial charge on any atom is -0.397 e. The number of sulfone groups is 1. The van der Waals surface area contributed by atoms with E-state index in [9.17, 15) is 18.3 Å². The van der Waals surface area contributed by atoms with E-state index < -0.39 is 21.8 Å². The molecule has 1 atom stereocenters. The number of nitrogens with one attached hydrogen (secondary N) is 1. The quantitative estimate of drug-likeness (QED) is 0.640. The number of amides is 1. The van der Waals surface area contributed by atoms with Crippen molar-refractivity contribution in [3.8, 4) is 0 Å². The molecule has 8 nitrogen and oxygen atoms in total. The van der Waals surface area contributed by atoms with E-state index in [1.807, 2.05) is 0 Å². The first kappa shape index (κ1) is 18.8. The van der Waals surface area contributed by atoms with Crippen LogP contribution in [0.5, 0.6) is 0 Å². The summed E-state index contributed by atoms with van der Waals surface area (Å²) in [7, 11) is -2.34. The van der Waals surface area contributed by atoms with Crippen LogP contribution in [-0.2, 0) is 14.6 Å². The van der Waals surface area contributed by atoms with Gasteiger partial charge in [0, 0.05) is 19.9 Å². The van der Waals surface area contributed by atoms with Gasteiger partial charge in [0.15, 0.2) is 5.69 Å². The molecule has 0 aliphatic heterocycles. The number of nitrogens with two attached hydrogens (primary N) is 1. The van der Waals surface area contributed by atoms with Crippen LogP contribution in [0, 0.1) is 0 Å². The minimum atomic E-state index is -3.77. The van der Waals surface area contributed by atoms with Crippen molar-refractivity contribution < 1.29 is 23.1 Å². The number of nitrogens with zero attached hydrogens (tertiary/aromatic N) is 1. The van der Waals surface area contributed by atoms with Gasteiger partial charge in [0.05, 0.1) is 28.2 Å². The van der Waals surface area contributed by atoms with Gasteiger partial charge in [-0.1, -0.05) is 18.2 Å².